The Morgan fingerprint density at radius 3 is 2.67 bits per heavy atom. The molecule has 0 amide bonds. The van der Waals surface area contributed by atoms with E-state index >= 15 is 0 Å². The second kappa shape index (κ2) is 5.27. The first-order valence-corrected chi connectivity index (χ1v) is 6.13. The van der Waals surface area contributed by atoms with Gasteiger partial charge in [-0.2, -0.15) is 0 Å². The van der Waals surface area contributed by atoms with Gasteiger partial charge in [0.05, 0.1) is 12.6 Å². The molecule has 2 rings (SSSR count). The zero-order chi connectivity index (χ0) is 13.1. The normalized spacial score (nSPS) is 12.4. The number of furan rings is 1. The van der Waals surface area contributed by atoms with E-state index in [-0.39, 0.29) is 12.6 Å². The summed E-state index contributed by atoms with van der Waals surface area (Å²) in [7, 11) is 0. The highest BCUT2D eigenvalue weighted by Crippen LogP contribution is 2.25. The summed E-state index contributed by atoms with van der Waals surface area (Å²) in [6.45, 7) is 6.09. The maximum Gasteiger partial charge on any atom is 0.106 e. The molecule has 96 valence electrons. The highest BCUT2D eigenvalue weighted by Gasteiger charge is 2.12. The summed E-state index contributed by atoms with van der Waals surface area (Å²) in [5, 5.41) is 12.5. The topological polar surface area (TPSA) is 45.4 Å². The summed E-state index contributed by atoms with van der Waals surface area (Å²) in [4.78, 5) is 0. The summed E-state index contributed by atoms with van der Waals surface area (Å²) < 4.78 is 5.54. The summed E-state index contributed by atoms with van der Waals surface area (Å²) in [6, 6.07) is 10.0. The molecular weight excluding hydrogens is 226 g/mol. The number of anilines is 1. The summed E-state index contributed by atoms with van der Waals surface area (Å²) >= 11 is 0. The van der Waals surface area contributed by atoms with Crippen molar-refractivity contribution in [1.82, 2.24) is 0 Å². The van der Waals surface area contributed by atoms with Gasteiger partial charge in [-0.1, -0.05) is 12.1 Å². The molecule has 0 spiro atoms. The quantitative estimate of drug-likeness (QED) is 0.865. The lowest BCUT2D eigenvalue weighted by molar-refractivity contribution is 0.282. The summed E-state index contributed by atoms with van der Waals surface area (Å²) in [6.07, 6.45) is 0. The second-order valence-corrected chi connectivity index (χ2v) is 4.59. The first kappa shape index (κ1) is 12.7. The van der Waals surface area contributed by atoms with Crippen molar-refractivity contribution in [3.8, 4) is 0 Å². The van der Waals surface area contributed by atoms with Crippen molar-refractivity contribution in [2.45, 2.75) is 33.4 Å². The van der Waals surface area contributed by atoms with E-state index in [9.17, 15) is 0 Å². The van der Waals surface area contributed by atoms with Crippen LogP contribution >= 0.6 is 0 Å². The monoisotopic (exact) mass is 245 g/mol. The average molecular weight is 245 g/mol. The maximum atomic E-state index is 9.12. The van der Waals surface area contributed by atoms with E-state index in [0.29, 0.717) is 0 Å². The lowest BCUT2D eigenvalue weighted by Gasteiger charge is -2.15. The van der Waals surface area contributed by atoms with Gasteiger partial charge in [-0.3, -0.25) is 0 Å². The highest BCUT2D eigenvalue weighted by molar-refractivity contribution is 5.48. The Kier molecular flexibility index (Phi) is 3.72. The van der Waals surface area contributed by atoms with E-state index in [1.165, 1.54) is 5.56 Å². The molecule has 0 fully saturated rings. The number of nitrogens with one attached hydrogen (secondary N) is 1. The Balaban J connectivity index is 2.15. The van der Waals surface area contributed by atoms with Crippen LogP contribution in [-0.4, -0.2) is 5.11 Å². The molecule has 3 heteroatoms. The van der Waals surface area contributed by atoms with Crippen LogP contribution in [0.2, 0.25) is 0 Å². The molecule has 0 saturated carbocycles. The van der Waals surface area contributed by atoms with Gasteiger partial charge in [0, 0.05) is 11.3 Å². The minimum Gasteiger partial charge on any atom is -0.466 e. The lowest BCUT2D eigenvalue weighted by atomic mass is 10.1. The Labute approximate surface area is 107 Å². The van der Waals surface area contributed by atoms with Gasteiger partial charge in [0.1, 0.15) is 11.5 Å². The number of rotatable bonds is 4. The molecule has 1 atom stereocenters. The van der Waals surface area contributed by atoms with Crippen molar-refractivity contribution < 1.29 is 9.52 Å². The van der Waals surface area contributed by atoms with Crippen LogP contribution in [0, 0.1) is 13.8 Å². The van der Waals surface area contributed by atoms with Gasteiger partial charge in [0.15, 0.2) is 0 Å². The largest absolute Gasteiger partial charge is 0.466 e. The van der Waals surface area contributed by atoms with Gasteiger partial charge in [-0.25, -0.2) is 0 Å². The van der Waals surface area contributed by atoms with Crippen LogP contribution in [0.1, 0.15) is 35.6 Å². The fourth-order valence-electron chi connectivity index (χ4n) is 2.17. The van der Waals surface area contributed by atoms with E-state index < -0.39 is 0 Å². The molecule has 0 radical (unpaired) electrons. The van der Waals surface area contributed by atoms with E-state index in [2.05, 4.69) is 18.3 Å². The standard InChI is InChI=1S/C15H19NO2/c1-10-7-15(12(3)18-10)11(2)16-14-6-4-5-13(8-14)9-17/h4-8,11,16-17H,9H2,1-3H3. The highest BCUT2D eigenvalue weighted by atomic mass is 16.3. The molecule has 18 heavy (non-hydrogen) atoms. The van der Waals surface area contributed by atoms with Crippen molar-refractivity contribution >= 4 is 5.69 Å². The van der Waals surface area contributed by atoms with Crippen LogP contribution in [0.15, 0.2) is 34.7 Å². The van der Waals surface area contributed by atoms with Crippen molar-refractivity contribution in [3.05, 3.63) is 53.0 Å². The molecule has 1 unspecified atom stereocenters. The zero-order valence-electron chi connectivity index (χ0n) is 11.0. The molecule has 2 aromatic rings. The van der Waals surface area contributed by atoms with E-state index in [0.717, 1.165) is 22.8 Å². The molecular formula is C15H19NO2. The Bertz CT molecular complexity index is 531. The maximum absolute atomic E-state index is 9.12. The number of aliphatic hydroxyl groups excluding tert-OH is 1. The first-order chi connectivity index (χ1) is 8.60. The van der Waals surface area contributed by atoms with E-state index in [1.54, 1.807) is 0 Å². The SMILES string of the molecule is Cc1cc(C(C)Nc2cccc(CO)c2)c(C)o1. The Hall–Kier alpha value is -1.74. The lowest BCUT2D eigenvalue weighted by Crippen LogP contribution is -2.07. The summed E-state index contributed by atoms with van der Waals surface area (Å²) in [5.74, 6) is 1.88. The predicted octanol–water partition coefficient (Wildman–Crippen LogP) is 3.56. The zero-order valence-corrected chi connectivity index (χ0v) is 11.0. The van der Waals surface area contributed by atoms with E-state index in [1.807, 2.05) is 38.1 Å². The van der Waals surface area contributed by atoms with Gasteiger partial charge in [-0.05, 0) is 44.5 Å². The van der Waals surface area contributed by atoms with Crippen LogP contribution in [0.25, 0.3) is 0 Å². The Morgan fingerprint density at radius 1 is 1.28 bits per heavy atom. The minimum absolute atomic E-state index is 0.0632. The molecule has 1 aromatic heterocycles. The minimum atomic E-state index is 0.0632. The molecule has 0 aliphatic rings. The van der Waals surface area contributed by atoms with Gasteiger partial charge in [-0.15, -0.1) is 0 Å². The average Bonchev–Trinajstić information content (AvgIpc) is 2.69. The molecule has 3 nitrogen and oxygen atoms in total. The van der Waals surface area contributed by atoms with E-state index in [4.69, 9.17) is 9.52 Å². The van der Waals surface area contributed by atoms with Crippen LogP contribution in [-0.2, 0) is 6.61 Å². The van der Waals surface area contributed by atoms with Gasteiger partial charge in [0.2, 0.25) is 0 Å². The number of hydrogen-bond donors (Lipinski definition) is 2. The van der Waals surface area contributed by atoms with Crippen LogP contribution in [0.4, 0.5) is 5.69 Å². The van der Waals surface area contributed by atoms with Crippen molar-refractivity contribution in [3.63, 3.8) is 0 Å². The fraction of sp³-hybridized carbons (Fsp3) is 0.333. The third-order valence-corrected chi connectivity index (χ3v) is 3.04. The summed E-state index contributed by atoms with van der Waals surface area (Å²) in [5.41, 5.74) is 3.08. The van der Waals surface area contributed by atoms with Crippen LogP contribution in [0.3, 0.4) is 0 Å². The number of aliphatic hydroxyl groups is 1. The molecule has 2 N–H and O–H groups in total. The first-order valence-electron chi connectivity index (χ1n) is 6.13. The smallest absolute Gasteiger partial charge is 0.106 e. The molecule has 0 aliphatic carbocycles. The number of benzene rings is 1. The Morgan fingerprint density at radius 2 is 2.06 bits per heavy atom. The molecule has 1 heterocycles. The van der Waals surface area contributed by atoms with Crippen LogP contribution < -0.4 is 5.32 Å². The third-order valence-electron chi connectivity index (χ3n) is 3.04. The van der Waals surface area contributed by atoms with Crippen molar-refractivity contribution in [2.24, 2.45) is 0 Å². The third kappa shape index (κ3) is 2.74. The predicted molar refractivity (Wildman–Crippen MR) is 72.6 cm³/mol. The van der Waals surface area contributed by atoms with Crippen LogP contribution in [0.5, 0.6) is 0 Å². The molecule has 0 bridgehead atoms. The molecule has 0 aliphatic heterocycles. The van der Waals surface area contributed by atoms with Gasteiger partial charge in [0.25, 0.3) is 0 Å². The van der Waals surface area contributed by atoms with Gasteiger partial charge >= 0.3 is 0 Å². The van der Waals surface area contributed by atoms with Gasteiger partial charge < -0.3 is 14.8 Å². The number of aryl methyl sites for hydroxylation is 2. The fourth-order valence-corrected chi connectivity index (χ4v) is 2.17. The molecule has 0 saturated heterocycles. The van der Waals surface area contributed by atoms with Crippen molar-refractivity contribution in [1.29, 1.82) is 0 Å². The number of hydrogen-bond acceptors (Lipinski definition) is 3. The van der Waals surface area contributed by atoms with Crippen molar-refractivity contribution in [2.75, 3.05) is 5.32 Å². The molecule has 1 aromatic carbocycles. The second-order valence-electron chi connectivity index (χ2n) is 4.59.